The van der Waals surface area contributed by atoms with Crippen LogP contribution < -0.4 is 5.73 Å². The molecule has 1 aliphatic heterocycles. The lowest BCUT2D eigenvalue weighted by molar-refractivity contribution is 0.306. The molecule has 0 saturated heterocycles. The van der Waals surface area contributed by atoms with E-state index in [4.69, 9.17) is 17.3 Å². The van der Waals surface area contributed by atoms with E-state index in [1.165, 1.54) is 16.0 Å². The Morgan fingerprint density at radius 3 is 2.52 bits per heavy atom. The van der Waals surface area contributed by atoms with Crippen LogP contribution in [0.15, 0.2) is 60.7 Å². The molecule has 2 heterocycles. The molecule has 3 aromatic rings. The van der Waals surface area contributed by atoms with Gasteiger partial charge in [-0.25, -0.2) is 4.98 Å². The summed E-state index contributed by atoms with van der Waals surface area (Å²) >= 11 is 7.60. The van der Waals surface area contributed by atoms with E-state index in [2.05, 4.69) is 46.3 Å². The number of thiazole rings is 1. The predicted molar refractivity (Wildman–Crippen MR) is 116 cm³/mol. The zero-order valence-electron chi connectivity index (χ0n) is 15.1. The summed E-state index contributed by atoms with van der Waals surface area (Å²) in [5, 5.41) is 1.36. The van der Waals surface area contributed by atoms with Gasteiger partial charge in [-0.15, -0.1) is 11.3 Å². The quantitative estimate of drug-likeness (QED) is 0.630. The zero-order valence-corrected chi connectivity index (χ0v) is 16.6. The number of aromatic nitrogens is 1. The molecule has 1 aliphatic rings. The molecule has 0 amide bonds. The minimum Gasteiger partial charge on any atom is -0.375 e. The molecule has 5 heteroatoms. The fourth-order valence-corrected chi connectivity index (χ4v) is 4.43. The molecule has 2 N–H and O–H groups in total. The van der Waals surface area contributed by atoms with Gasteiger partial charge in [0.1, 0.15) is 0 Å². The number of nitrogens with zero attached hydrogens (tertiary/aromatic N) is 2. The molecule has 0 fully saturated rings. The van der Waals surface area contributed by atoms with Crippen LogP contribution in [-0.2, 0) is 6.42 Å². The van der Waals surface area contributed by atoms with Crippen LogP contribution in [0.3, 0.4) is 0 Å². The van der Waals surface area contributed by atoms with Crippen molar-refractivity contribution in [2.45, 2.75) is 12.8 Å². The molecule has 0 aliphatic carbocycles. The summed E-state index contributed by atoms with van der Waals surface area (Å²) in [6.07, 6.45) is 4.42. The summed E-state index contributed by atoms with van der Waals surface area (Å²) in [5.41, 5.74) is 10.9. The first-order chi connectivity index (χ1) is 13.2. The van der Waals surface area contributed by atoms with Gasteiger partial charge < -0.3 is 5.73 Å². The van der Waals surface area contributed by atoms with Crippen LogP contribution in [0.2, 0.25) is 5.02 Å². The average Bonchev–Trinajstić information content (AvgIpc) is 3.08. The van der Waals surface area contributed by atoms with Crippen molar-refractivity contribution in [2.24, 2.45) is 0 Å². The maximum Gasteiger partial charge on any atom is 0.180 e. The molecule has 0 atom stereocenters. The van der Waals surface area contributed by atoms with Crippen molar-refractivity contribution in [3.8, 4) is 11.3 Å². The van der Waals surface area contributed by atoms with E-state index in [-0.39, 0.29) is 0 Å². The zero-order chi connectivity index (χ0) is 18.6. The molecule has 3 nitrogen and oxygen atoms in total. The molecule has 2 aromatic carbocycles. The number of hydrogen-bond donors (Lipinski definition) is 1. The maximum absolute atomic E-state index is 6.01. The second-order valence-corrected chi connectivity index (χ2v) is 8.28. The summed E-state index contributed by atoms with van der Waals surface area (Å²) in [6, 6.07) is 18.5. The lowest BCUT2D eigenvalue weighted by Crippen LogP contribution is -2.30. The summed E-state index contributed by atoms with van der Waals surface area (Å²) in [5.74, 6) is 0. The van der Waals surface area contributed by atoms with Crippen LogP contribution in [0, 0.1) is 0 Å². The highest BCUT2D eigenvalue weighted by molar-refractivity contribution is 7.15. The van der Waals surface area contributed by atoms with E-state index in [1.807, 2.05) is 24.3 Å². The van der Waals surface area contributed by atoms with E-state index in [0.29, 0.717) is 5.13 Å². The minimum absolute atomic E-state index is 0.625. The van der Waals surface area contributed by atoms with E-state index in [0.717, 1.165) is 48.8 Å². The Kier molecular flexibility index (Phi) is 5.58. The second-order valence-electron chi connectivity index (χ2n) is 6.73. The maximum atomic E-state index is 6.01. The molecule has 27 heavy (non-hydrogen) atoms. The third-order valence-electron chi connectivity index (χ3n) is 4.92. The van der Waals surface area contributed by atoms with E-state index in [1.54, 1.807) is 11.3 Å². The molecule has 138 valence electrons. The first-order valence-corrected chi connectivity index (χ1v) is 10.4. The third-order valence-corrected chi connectivity index (χ3v) is 6.12. The fraction of sp³-hybridized carbons (Fsp3) is 0.227. The normalized spacial score (nSPS) is 14.9. The summed E-state index contributed by atoms with van der Waals surface area (Å²) in [4.78, 5) is 8.29. The van der Waals surface area contributed by atoms with E-state index >= 15 is 0 Å². The Bertz CT molecular complexity index is 932. The van der Waals surface area contributed by atoms with Gasteiger partial charge in [0, 0.05) is 35.1 Å². The van der Waals surface area contributed by atoms with E-state index in [9.17, 15) is 0 Å². The van der Waals surface area contributed by atoms with Gasteiger partial charge in [-0.05, 0) is 36.1 Å². The topological polar surface area (TPSA) is 42.1 Å². The summed E-state index contributed by atoms with van der Waals surface area (Å²) < 4.78 is 0. The van der Waals surface area contributed by atoms with Gasteiger partial charge in [0.05, 0.1) is 5.69 Å². The number of hydrogen-bond acceptors (Lipinski definition) is 4. The van der Waals surface area contributed by atoms with Gasteiger partial charge in [-0.1, -0.05) is 60.1 Å². The number of nitrogen functional groups attached to an aromatic ring is 1. The number of benzene rings is 2. The number of nitrogens with two attached hydrogens (primary N) is 1. The van der Waals surface area contributed by atoms with Gasteiger partial charge in [0.2, 0.25) is 0 Å². The van der Waals surface area contributed by atoms with Crippen molar-refractivity contribution >= 4 is 33.6 Å². The number of halogens is 1. The van der Waals surface area contributed by atoms with Crippen LogP contribution in [0.25, 0.3) is 16.8 Å². The second kappa shape index (κ2) is 8.26. The first-order valence-electron chi connectivity index (χ1n) is 9.17. The fourth-order valence-electron chi connectivity index (χ4n) is 3.46. The smallest absolute Gasteiger partial charge is 0.180 e. The highest BCUT2D eigenvalue weighted by Crippen LogP contribution is 2.31. The Morgan fingerprint density at radius 2 is 1.81 bits per heavy atom. The van der Waals surface area contributed by atoms with Crippen LogP contribution in [0.5, 0.6) is 0 Å². The molecular weight excluding hydrogens is 374 g/mol. The van der Waals surface area contributed by atoms with Gasteiger partial charge in [0.25, 0.3) is 0 Å². The van der Waals surface area contributed by atoms with Crippen molar-refractivity contribution in [1.29, 1.82) is 0 Å². The number of rotatable bonds is 5. The van der Waals surface area contributed by atoms with Gasteiger partial charge in [0.15, 0.2) is 5.13 Å². The first kappa shape index (κ1) is 18.2. The summed E-state index contributed by atoms with van der Waals surface area (Å²) in [6.45, 7) is 3.10. The largest absolute Gasteiger partial charge is 0.375 e. The molecule has 0 bridgehead atoms. The van der Waals surface area contributed by atoms with Crippen LogP contribution in [-0.4, -0.2) is 29.5 Å². The van der Waals surface area contributed by atoms with Crippen molar-refractivity contribution in [3.05, 3.63) is 76.1 Å². The Morgan fingerprint density at radius 1 is 1.04 bits per heavy atom. The molecular formula is C22H22ClN3S. The predicted octanol–water partition coefficient (Wildman–Crippen LogP) is 5.38. The monoisotopic (exact) mass is 395 g/mol. The molecule has 1 aromatic heterocycles. The van der Waals surface area contributed by atoms with Gasteiger partial charge >= 0.3 is 0 Å². The van der Waals surface area contributed by atoms with Crippen LogP contribution in [0.1, 0.15) is 16.9 Å². The Labute approximate surface area is 169 Å². The van der Waals surface area contributed by atoms with Crippen molar-refractivity contribution in [2.75, 3.05) is 25.4 Å². The van der Waals surface area contributed by atoms with Gasteiger partial charge in [-0.2, -0.15) is 0 Å². The lowest BCUT2D eigenvalue weighted by Gasteiger charge is -2.26. The lowest BCUT2D eigenvalue weighted by atomic mass is 9.99. The highest BCUT2D eigenvalue weighted by Gasteiger charge is 2.16. The molecule has 4 rings (SSSR count). The SMILES string of the molecule is Nc1nc(-c2ccc(Cl)cc2)c(CCN2CC=C(c3ccccc3)CC2)s1. The van der Waals surface area contributed by atoms with Crippen molar-refractivity contribution < 1.29 is 0 Å². The van der Waals surface area contributed by atoms with Gasteiger partial charge in [-0.3, -0.25) is 4.90 Å². The van der Waals surface area contributed by atoms with E-state index < -0.39 is 0 Å². The summed E-state index contributed by atoms with van der Waals surface area (Å²) in [7, 11) is 0. The Hall–Kier alpha value is -2.14. The molecule has 0 unspecified atom stereocenters. The van der Waals surface area contributed by atoms with Crippen molar-refractivity contribution in [3.63, 3.8) is 0 Å². The minimum atomic E-state index is 0.625. The van der Waals surface area contributed by atoms with Crippen molar-refractivity contribution in [1.82, 2.24) is 9.88 Å². The van der Waals surface area contributed by atoms with Crippen LogP contribution in [0.4, 0.5) is 5.13 Å². The Balaban J connectivity index is 1.41. The van der Waals surface area contributed by atoms with Crippen LogP contribution >= 0.6 is 22.9 Å². The molecule has 0 saturated carbocycles. The standard InChI is InChI=1S/C22H22ClN3S/c23-19-8-6-18(7-9-19)21-20(27-22(24)25-21)12-15-26-13-10-17(11-14-26)16-4-2-1-3-5-16/h1-10H,11-15H2,(H2,24,25). The number of anilines is 1. The highest BCUT2D eigenvalue weighted by atomic mass is 35.5. The molecule has 0 spiro atoms. The third kappa shape index (κ3) is 4.41. The molecule has 0 radical (unpaired) electrons. The average molecular weight is 396 g/mol.